The van der Waals surface area contributed by atoms with Gasteiger partial charge in [0.2, 0.25) is 11.9 Å². The van der Waals surface area contributed by atoms with Crippen molar-refractivity contribution in [2.75, 3.05) is 11.1 Å². The molecule has 3 heterocycles. The van der Waals surface area contributed by atoms with Gasteiger partial charge >= 0.3 is 0 Å². The summed E-state index contributed by atoms with van der Waals surface area (Å²) in [5.74, 6) is 0.438. The Labute approximate surface area is 165 Å². The molecule has 0 aliphatic rings. The van der Waals surface area contributed by atoms with E-state index >= 15 is 0 Å². The molecule has 0 bridgehead atoms. The molecule has 0 unspecified atom stereocenters. The van der Waals surface area contributed by atoms with Crippen LogP contribution in [0.5, 0.6) is 0 Å². The first-order chi connectivity index (χ1) is 13.5. The molecule has 8 nitrogen and oxygen atoms in total. The Morgan fingerprint density at radius 1 is 1.21 bits per heavy atom. The normalized spacial score (nSPS) is 11.1. The highest BCUT2D eigenvalue weighted by molar-refractivity contribution is 7.15. The molecule has 3 aromatic heterocycles. The molecule has 0 atom stereocenters. The lowest BCUT2D eigenvalue weighted by molar-refractivity contribution is -0.115. The maximum atomic E-state index is 12.6. The number of fused-ring (bicyclic) bond motifs is 1. The Hall–Kier alpha value is -3.33. The van der Waals surface area contributed by atoms with Crippen molar-refractivity contribution in [3.63, 3.8) is 0 Å². The van der Waals surface area contributed by atoms with Crippen LogP contribution in [0.3, 0.4) is 0 Å². The van der Waals surface area contributed by atoms with Crippen LogP contribution in [0.1, 0.15) is 27.4 Å². The Morgan fingerprint density at radius 2 is 2.00 bits per heavy atom. The van der Waals surface area contributed by atoms with Crippen LogP contribution in [0.15, 0.2) is 36.5 Å². The van der Waals surface area contributed by atoms with E-state index in [0.29, 0.717) is 10.9 Å². The van der Waals surface area contributed by atoms with Gasteiger partial charge in [-0.2, -0.15) is 9.50 Å². The van der Waals surface area contributed by atoms with Crippen molar-refractivity contribution in [3.05, 3.63) is 63.9 Å². The fraction of sp³-hybridized carbons (Fsp3) is 0.211. The molecule has 1 amide bonds. The minimum atomic E-state index is -0.152. The van der Waals surface area contributed by atoms with E-state index in [9.17, 15) is 4.79 Å². The van der Waals surface area contributed by atoms with E-state index in [1.807, 2.05) is 32.0 Å². The molecule has 1 aromatic carbocycles. The molecule has 142 valence electrons. The van der Waals surface area contributed by atoms with Crippen molar-refractivity contribution in [2.45, 2.75) is 26.7 Å². The zero-order chi connectivity index (χ0) is 19.7. The summed E-state index contributed by atoms with van der Waals surface area (Å²) in [6.07, 6.45) is 2.77. The van der Waals surface area contributed by atoms with Crippen molar-refractivity contribution in [3.8, 4) is 0 Å². The highest BCUT2D eigenvalue weighted by atomic mass is 32.1. The van der Waals surface area contributed by atoms with E-state index in [1.54, 1.807) is 10.7 Å². The number of nitrogen functional groups attached to an aromatic ring is 1. The van der Waals surface area contributed by atoms with Crippen molar-refractivity contribution >= 4 is 34.1 Å². The van der Waals surface area contributed by atoms with Gasteiger partial charge in [-0.15, -0.1) is 16.4 Å². The molecule has 0 aliphatic carbocycles. The van der Waals surface area contributed by atoms with Crippen LogP contribution in [0, 0.1) is 13.8 Å². The van der Waals surface area contributed by atoms with Crippen molar-refractivity contribution in [2.24, 2.45) is 0 Å². The third-order valence-corrected chi connectivity index (χ3v) is 5.34. The highest BCUT2D eigenvalue weighted by Gasteiger charge is 2.16. The average molecular weight is 393 g/mol. The number of carbonyl (C=O) groups is 1. The number of aryl methyl sites for hydroxylation is 2. The second-order valence-corrected chi connectivity index (χ2v) is 7.58. The first-order valence-corrected chi connectivity index (χ1v) is 9.58. The molecule has 9 heteroatoms. The molecular formula is C19H19N7OS. The van der Waals surface area contributed by atoms with E-state index < -0.39 is 0 Å². The summed E-state index contributed by atoms with van der Waals surface area (Å²) >= 11 is 1.48. The number of nitrogens with two attached hydrogens (primary N) is 1. The summed E-state index contributed by atoms with van der Waals surface area (Å²) < 4.78 is 1.56. The number of nitrogens with one attached hydrogen (secondary N) is 1. The minimum absolute atomic E-state index is 0.152. The van der Waals surface area contributed by atoms with Gasteiger partial charge in [0.1, 0.15) is 0 Å². The smallest absolute Gasteiger partial charge is 0.254 e. The molecule has 0 radical (unpaired) electrons. The highest BCUT2D eigenvalue weighted by Crippen LogP contribution is 2.22. The maximum Gasteiger partial charge on any atom is 0.254 e. The lowest BCUT2D eigenvalue weighted by Crippen LogP contribution is -2.17. The Balaban J connectivity index is 1.47. The van der Waals surface area contributed by atoms with Gasteiger partial charge in [0.15, 0.2) is 5.13 Å². The molecule has 0 aliphatic heterocycles. The molecule has 3 N–H and O–H groups in total. The summed E-state index contributed by atoms with van der Waals surface area (Å²) in [6.45, 7) is 3.72. The number of hydrogen-bond acceptors (Lipinski definition) is 7. The third kappa shape index (κ3) is 3.70. The molecule has 28 heavy (non-hydrogen) atoms. The van der Waals surface area contributed by atoms with Crippen LogP contribution in [-0.4, -0.2) is 30.5 Å². The molecule has 0 spiro atoms. The number of rotatable bonds is 5. The standard InChI is InChI=1S/C19H19N7OS/c1-11-15(12(2)26-18(22-11)24-17(20)25-26)9-16(27)23-19-21-10-14(28-19)8-13-6-4-3-5-7-13/h3-7,10H,8-9H2,1-2H3,(H2,20,25)(H,21,23,27). The minimum Gasteiger partial charge on any atom is -0.366 e. The average Bonchev–Trinajstić information content (AvgIpc) is 3.25. The Morgan fingerprint density at radius 3 is 2.79 bits per heavy atom. The maximum absolute atomic E-state index is 12.6. The van der Waals surface area contributed by atoms with Gasteiger partial charge in [-0.05, 0) is 19.4 Å². The summed E-state index contributed by atoms with van der Waals surface area (Å²) in [7, 11) is 0. The van der Waals surface area contributed by atoms with Crippen LogP contribution in [-0.2, 0) is 17.6 Å². The van der Waals surface area contributed by atoms with E-state index in [2.05, 4.69) is 37.5 Å². The van der Waals surface area contributed by atoms with Crippen LogP contribution < -0.4 is 11.1 Å². The zero-order valence-electron chi connectivity index (χ0n) is 15.5. The van der Waals surface area contributed by atoms with Crippen LogP contribution in [0.4, 0.5) is 11.1 Å². The lowest BCUT2D eigenvalue weighted by Gasteiger charge is -2.09. The summed E-state index contributed by atoms with van der Waals surface area (Å²) in [5.41, 5.74) is 9.19. The van der Waals surface area contributed by atoms with Gasteiger partial charge < -0.3 is 11.1 Å². The summed E-state index contributed by atoms with van der Waals surface area (Å²) in [4.78, 5) is 26.4. The molecule has 0 fully saturated rings. The Kier molecular flexibility index (Phi) is 4.74. The number of anilines is 2. The van der Waals surface area contributed by atoms with Crippen LogP contribution in [0.2, 0.25) is 0 Å². The fourth-order valence-corrected chi connectivity index (χ4v) is 3.91. The molecular weight excluding hydrogens is 374 g/mol. The van der Waals surface area contributed by atoms with Crippen molar-refractivity contribution < 1.29 is 4.79 Å². The first-order valence-electron chi connectivity index (χ1n) is 8.76. The van der Waals surface area contributed by atoms with E-state index in [4.69, 9.17) is 5.73 Å². The largest absolute Gasteiger partial charge is 0.366 e. The quantitative estimate of drug-likeness (QED) is 0.539. The van der Waals surface area contributed by atoms with Crippen molar-refractivity contribution in [1.82, 2.24) is 24.6 Å². The monoisotopic (exact) mass is 393 g/mol. The lowest BCUT2D eigenvalue weighted by atomic mass is 10.1. The zero-order valence-corrected chi connectivity index (χ0v) is 16.3. The van der Waals surface area contributed by atoms with Gasteiger partial charge in [0, 0.05) is 34.4 Å². The van der Waals surface area contributed by atoms with Crippen LogP contribution in [0.25, 0.3) is 5.78 Å². The summed E-state index contributed by atoms with van der Waals surface area (Å²) in [5, 5.41) is 7.59. The molecule has 0 saturated carbocycles. The fourth-order valence-electron chi connectivity index (χ4n) is 3.05. The molecule has 4 rings (SSSR count). The van der Waals surface area contributed by atoms with Crippen LogP contribution >= 0.6 is 11.3 Å². The van der Waals surface area contributed by atoms with Crippen molar-refractivity contribution in [1.29, 1.82) is 0 Å². The second-order valence-electron chi connectivity index (χ2n) is 6.46. The topological polar surface area (TPSA) is 111 Å². The number of amides is 1. The molecule has 4 aromatic rings. The first kappa shape index (κ1) is 18.1. The third-order valence-electron chi connectivity index (χ3n) is 4.42. The number of aromatic nitrogens is 5. The van der Waals surface area contributed by atoms with E-state index in [1.165, 1.54) is 16.9 Å². The number of benzene rings is 1. The van der Waals surface area contributed by atoms with Gasteiger partial charge in [0.05, 0.1) is 6.42 Å². The summed E-state index contributed by atoms with van der Waals surface area (Å²) in [6, 6.07) is 10.2. The number of thiazole rings is 1. The Bertz CT molecular complexity index is 1150. The van der Waals surface area contributed by atoms with Gasteiger partial charge in [-0.1, -0.05) is 30.3 Å². The van der Waals surface area contributed by atoms with Gasteiger partial charge in [-0.3, -0.25) is 4.79 Å². The van der Waals surface area contributed by atoms with E-state index in [-0.39, 0.29) is 18.3 Å². The van der Waals surface area contributed by atoms with Gasteiger partial charge in [-0.25, -0.2) is 9.97 Å². The predicted molar refractivity (Wildman–Crippen MR) is 108 cm³/mol. The number of carbonyl (C=O) groups excluding carboxylic acids is 1. The SMILES string of the molecule is Cc1nc2nc(N)nn2c(C)c1CC(=O)Nc1ncc(Cc2ccccc2)s1. The number of nitrogens with zero attached hydrogens (tertiary/aromatic N) is 5. The predicted octanol–water partition coefficient (Wildman–Crippen LogP) is 2.55. The van der Waals surface area contributed by atoms with Gasteiger partial charge in [0.25, 0.3) is 5.78 Å². The number of hydrogen-bond donors (Lipinski definition) is 2. The van der Waals surface area contributed by atoms with E-state index in [0.717, 1.165) is 28.2 Å². The second kappa shape index (κ2) is 7.35. The molecule has 0 saturated heterocycles.